The summed E-state index contributed by atoms with van der Waals surface area (Å²) in [6, 6.07) is 4.99. The lowest BCUT2D eigenvalue weighted by Crippen LogP contribution is -2.42. The Morgan fingerprint density at radius 1 is 1.37 bits per heavy atom. The van der Waals surface area contributed by atoms with Crippen molar-refractivity contribution in [2.24, 2.45) is 5.73 Å². The Bertz CT molecular complexity index is 496. The van der Waals surface area contributed by atoms with Crippen molar-refractivity contribution in [2.45, 2.75) is 31.6 Å². The van der Waals surface area contributed by atoms with Crippen molar-refractivity contribution in [3.05, 3.63) is 35.1 Å². The third kappa shape index (κ3) is 2.78. The van der Waals surface area contributed by atoms with Gasteiger partial charge in [-0.15, -0.1) is 0 Å². The fourth-order valence-corrected chi connectivity index (χ4v) is 3.02. The zero-order chi connectivity index (χ0) is 13.4. The van der Waals surface area contributed by atoms with Gasteiger partial charge < -0.3 is 10.5 Å². The molecule has 0 amide bonds. The first-order chi connectivity index (χ1) is 9.11. The normalized spacial score (nSPS) is 26.6. The lowest BCUT2D eigenvalue weighted by atomic mass is 10.1. The van der Waals surface area contributed by atoms with E-state index >= 15 is 0 Å². The lowest BCUT2D eigenvalue weighted by molar-refractivity contribution is -0.0413. The predicted molar refractivity (Wildman–Crippen MR) is 75.5 cm³/mol. The molecule has 19 heavy (non-hydrogen) atoms. The van der Waals surface area contributed by atoms with Crippen LogP contribution in [0.25, 0.3) is 0 Å². The minimum atomic E-state index is -0.232. The number of benzene rings is 1. The highest BCUT2D eigenvalue weighted by Crippen LogP contribution is 2.27. The first kappa shape index (κ1) is 13.0. The summed E-state index contributed by atoms with van der Waals surface area (Å²) in [4.78, 5) is 2.50. The summed E-state index contributed by atoms with van der Waals surface area (Å²) in [5, 5.41) is 0. The van der Waals surface area contributed by atoms with E-state index in [1.54, 1.807) is 12.1 Å². The molecule has 1 aromatic rings. The summed E-state index contributed by atoms with van der Waals surface area (Å²) in [5.74, 6) is -0.232. The van der Waals surface area contributed by atoms with E-state index in [2.05, 4.69) is 4.90 Å². The zero-order valence-corrected chi connectivity index (χ0v) is 11.5. The molecule has 5 heteroatoms. The molecule has 1 aromatic carbocycles. The Balaban J connectivity index is 1.71. The van der Waals surface area contributed by atoms with Gasteiger partial charge in [-0.05, 0) is 18.9 Å². The van der Waals surface area contributed by atoms with Gasteiger partial charge >= 0.3 is 0 Å². The van der Waals surface area contributed by atoms with E-state index in [4.69, 9.17) is 22.7 Å². The number of nitrogens with two attached hydrogens (primary N) is 1. The Hall–Kier alpha value is -1.04. The molecule has 2 bridgehead atoms. The lowest BCUT2D eigenvalue weighted by Gasteiger charge is -2.32. The van der Waals surface area contributed by atoms with Crippen LogP contribution in [0.2, 0.25) is 0 Å². The van der Waals surface area contributed by atoms with Crippen LogP contribution in [0, 0.1) is 5.82 Å². The van der Waals surface area contributed by atoms with Crippen LogP contribution in [0.5, 0.6) is 0 Å². The standard InChI is InChI=1S/C14H17FN2OS/c15-13-5-9(14(16)19)1-2-10(13)6-17-7-11-3-4-12(8-17)18-11/h1-2,5,11-12H,3-4,6-8H2,(H2,16,19). The molecular formula is C14H17FN2OS. The zero-order valence-electron chi connectivity index (χ0n) is 10.6. The molecule has 3 rings (SSSR count). The largest absolute Gasteiger partial charge is 0.389 e. The second-order valence-corrected chi connectivity index (χ2v) is 5.76. The van der Waals surface area contributed by atoms with Gasteiger partial charge in [-0.2, -0.15) is 0 Å². The van der Waals surface area contributed by atoms with Crippen LogP contribution in [0.3, 0.4) is 0 Å². The molecule has 0 spiro atoms. The maximum Gasteiger partial charge on any atom is 0.128 e. The predicted octanol–water partition coefficient (Wildman–Crippen LogP) is 1.82. The van der Waals surface area contributed by atoms with E-state index in [1.165, 1.54) is 6.07 Å². The number of halogens is 1. The summed E-state index contributed by atoms with van der Waals surface area (Å²) < 4.78 is 19.8. The molecule has 3 nitrogen and oxygen atoms in total. The number of fused-ring (bicyclic) bond motifs is 2. The van der Waals surface area contributed by atoms with Gasteiger partial charge in [0, 0.05) is 30.8 Å². The minimum Gasteiger partial charge on any atom is -0.389 e. The number of hydrogen-bond donors (Lipinski definition) is 1. The van der Waals surface area contributed by atoms with Crippen LogP contribution in [0.4, 0.5) is 4.39 Å². The van der Waals surface area contributed by atoms with Crippen molar-refractivity contribution in [1.82, 2.24) is 4.90 Å². The van der Waals surface area contributed by atoms with Crippen LogP contribution in [-0.2, 0) is 11.3 Å². The summed E-state index contributed by atoms with van der Waals surface area (Å²) in [6.07, 6.45) is 2.92. The molecule has 0 aliphatic carbocycles. The molecule has 2 atom stereocenters. The van der Waals surface area contributed by atoms with E-state index < -0.39 is 0 Å². The Kier molecular flexibility index (Phi) is 3.52. The number of nitrogens with zero attached hydrogens (tertiary/aromatic N) is 1. The van der Waals surface area contributed by atoms with Crippen molar-refractivity contribution >= 4 is 17.2 Å². The highest BCUT2D eigenvalue weighted by Gasteiger charge is 2.33. The fourth-order valence-electron chi connectivity index (χ4n) is 2.90. The molecule has 2 N–H and O–H groups in total. The second-order valence-electron chi connectivity index (χ2n) is 5.32. The molecule has 2 fully saturated rings. The van der Waals surface area contributed by atoms with E-state index in [9.17, 15) is 4.39 Å². The van der Waals surface area contributed by atoms with Crippen molar-refractivity contribution < 1.29 is 9.13 Å². The van der Waals surface area contributed by atoms with Gasteiger partial charge in [0.1, 0.15) is 10.8 Å². The van der Waals surface area contributed by atoms with Crippen LogP contribution < -0.4 is 5.73 Å². The van der Waals surface area contributed by atoms with Gasteiger partial charge in [-0.25, -0.2) is 4.39 Å². The van der Waals surface area contributed by atoms with E-state index in [1.807, 2.05) is 0 Å². The summed E-state index contributed by atoms with van der Waals surface area (Å²) in [7, 11) is 0. The fraction of sp³-hybridized carbons (Fsp3) is 0.500. The molecule has 2 aliphatic heterocycles. The summed E-state index contributed by atoms with van der Waals surface area (Å²) in [6.45, 7) is 2.42. The van der Waals surface area contributed by atoms with Crippen molar-refractivity contribution in [1.29, 1.82) is 0 Å². The minimum absolute atomic E-state index is 0.231. The second kappa shape index (κ2) is 5.15. The van der Waals surface area contributed by atoms with Gasteiger partial charge in [-0.3, -0.25) is 4.90 Å². The Labute approximate surface area is 117 Å². The van der Waals surface area contributed by atoms with Gasteiger partial charge in [0.25, 0.3) is 0 Å². The topological polar surface area (TPSA) is 38.5 Å². The average Bonchev–Trinajstić information content (AvgIpc) is 2.71. The summed E-state index contributed by atoms with van der Waals surface area (Å²) >= 11 is 4.85. The number of ether oxygens (including phenoxy) is 1. The molecule has 102 valence electrons. The molecular weight excluding hydrogens is 263 g/mol. The Morgan fingerprint density at radius 2 is 2.05 bits per heavy atom. The van der Waals surface area contributed by atoms with Gasteiger partial charge in [0.2, 0.25) is 0 Å². The average molecular weight is 280 g/mol. The molecule has 0 saturated carbocycles. The number of hydrogen-bond acceptors (Lipinski definition) is 3. The molecule has 2 heterocycles. The van der Waals surface area contributed by atoms with Gasteiger partial charge in [0.15, 0.2) is 0 Å². The number of morpholine rings is 1. The highest BCUT2D eigenvalue weighted by molar-refractivity contribution is 7.80. The first-order valence-electron chi connectivity index (χ1n) is 6.58. The monoisotopic (exact) mass is 280 g/mol. The van der Waals surface area contributed by atoms with E-state index in [0.29, 0.717) is 29.9 Å². The summed E-state index contributed by atoms with van der Waals surface area (Å²) in [5.41, 5.74) is 6.78. The highest BCUT2D eigenvalue weighted by atomic mass is 32.1. The molecule has 0 aromatic heterocycles. The third-order valence-corrected chi connectivity index (χ3v) is 4.09. The maximum atomic E-state index is 14.0. The molecule has 2 unspecified atom stereocenters. The SMILES string of the molecule is NC(=S)c1ccc(CN2CC3CCC(C2)O3)c(F)c1. The number of rotatable bonds is 3. The van der Waals surface area contributed by atoms with Crippen LogP contribution >= 0.6 is 12.2 Å². The number of thiocarbonyl (C=S) groups is 1. The van der Waals surface area contributed by atoms with E-state index in [0.717, 1.165) is 25.9 Å². The van der Waals surface area contributed by atoms with Crippen molar-refractivity contribution in [3.8, 4) is 0 Å². The number of likely N-dealkylation sites (tertiary alicyclic amines) is 1. The van der Waals surface area contributed by atoms with Gasteiger partial charge in [-0.1, -0.05) is 24.4 Å². The van der Waals surface area contributed by atoms with Crippen molar-refractivity contribution in [3.63, 3.8) is 0 Å². The Morgan fingerprint density at radius 3 is 2.63 bits per heavy atom. The smallest absolute Gasteiger partial charge is 0.128 e. The third-order valence-electron chi connectivity index (χ3n) is 3.85. The van der Waals surface area contributed by atoms with Crippen molar-refractivity contribution in [2.75, 3.05) is 13.1 Å². The van der Waals surface area contributed by atoms with Crippen LogP contribution in [-0.4, -0.2) is 35.2 Å². The quantitative estimate of drug-likeness (QED) is 0.857. The molecule has 2 aliphatic rings. The molecule has 2 saturated heterocycles. The van der Waals surface area contributed by atoms with Crippen LogP contribution in [0.15, 0.2) is 18.2 Å². The van der Waals surface area contributed by atoms with E-state index in [-0.39, 0.29) is 10.8 Å². The molecule has 0 radical (unpaired) electrons. The van der Waals surface area contributed by atoms with Crippen LogP contribution in [0.1, 0.15) is 24.0 Å². The first-order valence-corrected chi connectivity index (χ1v) is 6.98. The van der Waals surface area contributed by atoms with Gasteiger partial charge in [0.05, 0.1) is 12.2 Å². The maximum absolute atomic E-state index is 14.0.